The fourth-order valence-electron chi connectivity index (χ4n) is 0.285. The highest BCUT2D eigenvalue weighted by molar-refractivity contribution is 6.78. The molecular weight excluding hydrogens is 330 g/mol. The molecule has 0 bridgehead atoms. The molecular formula is C3Cl7NO2. The van der Waals surface area contributed by atoms with Crippen molar-refractivity contribution in [2.45, 2.75) is 12.6 Å². The van der Waals surface area contributed by atoms with E-state index in [0.717, 1.165) is 0 Å². The molecule has 0 radical (unpaired) electrons. The van der Waals surface area contributed by atoms with E-state index in [2.05, 4.69) is 0 Å². The molecule has 0 aromatic heterocycles. The molecule has 0 aliphatic heterocycles. The summed E-state index contributed by atoms with van der Waals surface area (Å²) in [5, 5.41) is 10.3. The van der Waals surface area contributed by atoms with Gasteiger partial charge in [0.05, 0.1) is 4.92 Å². The topological polar surface area (TPSA) is 43.1 Å². The maximum Gasteiger partial charge on any atom is 0.407 e. The first-order valence-corrected chi connectivity index (χ1v) is 5.06. The highest BCUT2D eigenvalue weighted by Crippen LogP contribution is 2.56. The van der Waals surface area contributed by atoms with Gasteiger partial charge in [0.25, 0.3) is 4.33 Å². The molecule has 0 heterocycles. The SMILES string of the molecule is O=[N+]([O-])C(Cl)(Cl)C(Cl)(Cl)C(Cl)(Cl)Cl. The van der Waals surface area contributed by atoms with Crippen LogP contribution in [0, 0.1) is 10.1 Å². The Bertz CT molecular complexity index is 220. The summed E-state index contributed by atoms with van der Waals surface area (Å²) in [6.07, 6.45) is 0. The van der Waals surface area contributed by atoms with Crippen LogP contribution in [0.2, 0.25) is 0 Å². The van der Waals surface area contributed by atoms with E-state index in [4.69, 9.17) is 81.2 Å². The molecule has 0 spiro atoms. The molecule has 0 aromatic rings. The van der Waals surface area contributed by atoms with Crippen molar-refractivity contribution in [1.82, 2.24) is 0 Å². The minimum atomic E-state index is -2.82. The van der Waals surface area contributed by atoms with Crippen LogP contribution in [0.15, 0.2) is 0 Å². The van der Waals surface area contributed by atoms with Gasteiger partial charge in [0.2, 0.25) is 3.79 Å². The number of nitrogens with zero attached hydrogens (tertiary/aromatic N) is 1. The van der Waals surface area contributed by atoms with Crippen LogP contribution < -0.4 is 0 Å². The average Bonchev–Trinajstić information content (AvgIpc) is 1.84. The van der Waals surface area contributed by atoms with Gasteiger partial charge in [-0.25, -0.2) is 0 Å². The largest absolute Gasteiger partial charge is 0.407 e. The second kappa shape index (κ2) is 4.12. The van der Waals surface area contributed by atoms with Crippen molar-refractivity contribution in [2.24, 2.45) is 0 Å². The summed E-state index contributed by atoms with van der Waals surface area (Å²) < 4.78 is -7.79. The summed E-state index contributed by atoms with van der Waals surface area (Å²) in [5.74, 6) is 0. The van der Waals surface area contributed by atoms with Crippen molar-refractivity contribution < 1.29 is 4.92 Å². The summed E-state index contributed by atoms with van der Waals surface area (Å²) in [6, 6.07) is 0. The van der Waals surface area contributed by atoms with Crippen LogP contribution in [-0.4, -0.2) is 17.5 Å². The van der Waals surface area contributed by atoms with Gasteiger partial charge in [-0.05, 0) is 23.2 Å². The van der Waals surface area contributed by atoms with E-state index in [1.54, 1.807) is 0 Å². The number of nitro groups is 1. The van der Waals surface area contributed by atoms with Gasteiger partial charge in [-0.3, -0.25) is 10.1 Å². The quantitative estimate of drug-likeness (QED) is 0.333. The molecule has 0 fully saturated rings. The van der Waals surface area contributed by atoms with Crippen molar-refractivity contribution in [1.29, 1.82) is 0 Å². The molecule has 0 aliphatic rings. The zero-order chi connectivity index (χ0) is 11.1. The lowest BCUT2D eigenvalue weighted by molar-refractivity contribution is -0.518. The van der Waals surface area contributed by atoms with E-state index in [0.29, 0.717) is 0 Å². The third kappa shape index (κ3) is 2.71. The summed E-state index contributed by atoms with van der Waals surface area (Å²) in [5.41, 5.74) is 0. The van der Waals surface area contributed by atoms with Crippen LogP contribution in [0.25, 0.3) is 0 Å². The van der Waals surface area contributed by atoms with E-state index >= 15 is 0 Å². The fraction of sp³-hybridized carbons (Fsp3) is 1.00. The molecule has 0 saturated carbocycles. The van der Waals surface area contributed by atoms with Crippen molar-refractivity contribution in [3.05, 3.63) is 10.1 Å². The first-order chi connectivity index (χ1) is 5.44. The first kappa shape index (κ1) is 14.4. The van der Waals surface area contributed by atoms with Gasteiger partial charge < -0.3 is 0 Å². The van der Waals surface area contributed by atoms with Gasteiger partial charge in [-0.15, -0.1) is 0 Å². The Labute approximate surface area is 108 Å². The van der Waals surface area contributed by atoms with Crippen LogP contribution in [0.5, 0.6) is 0 Å². The maximum absolute atomic E-state index is 10.3. The molecule has 3 nitrogen and oxygen atoms in total. The third-order valence-electron chi connectivity index (χ3n) is 0.963. The Morgan fingerprint density at radius 2 is 1.23 bits per heavy atom. The van der Waals surface area contributed by atoms with E-state index in [-0.39, 0.29) is 0 Å². The lowest BCUT2D eigenvalue weighted by Crippen LogP contribution is -2.51. The third-order valence-corrected chi connectivity index (χ3v) is 4.74. The monoisotopic (exact) mass is 327 g/mol. The summed E-state index contributed by atoms with van der Waals surface area (Å²) >= 11 is 36.9. The molecule has 0 atom stereocenters. The van der Waals surface area contributed by atoms with Gasteiger partial charge in [-0.1, -0.05) is 58.0 Å². The van der Waals surface area contributed by atoms with E-state index in [9.17, 15) is 10.1 Å². The van der Waals surface area contributed by atoms with Gasteiger partial charge in [0.15, 0.2) is 0 Å². The minimum absolute atomic E-state index is 1.17. The lowest BCUT2D eigenvalue weighted by atomic mass is 10.4. The smallest absolute Gasteiger partial charge is 0.261 e. The number of alkyl halides is 7. The van der Waals surface area contributed by atoms with Crippen molar-refractivity contribution in [3.63, 3.8) is 0 Å². The summed E-state index contributed by atoms with van der Waals surface area (Å²) in [7, 11) is 0. The minimum Gasteiger partial charge on any atom is -0.261 e. The van der Waals surface area contributed by atoms with Gasteiger partial charge in [0, 0.05) is 0 Å². The first-order valence-electron chi connectivity index (χ1n) is 2.41. The molecule has 0 unspecified atom stereocenters. The molecule has 0 saturated heterocycles. The summed E-state index contributed by atoms with van der Waals surface area (Å²) in [6.45, 7) is 0. The Morgan fingerprint density at radius 1 is 0.923 bits per heavy atom. The highest BCUT2D eigenvalue weighted by atomic mass is 35.6. The molecule has 13 heavy (non-hydrogen) atoms. The standard InChI is InChI=1S/C3Cl7NO2/c4-1(5,2(6,7)8)3(9,10)11(12)13. The van der Waals surface area contributed by atoms with Crippen LogP contribution in [0.1, 0.15) is 0 Å². The maximum atomic E-state index is 10.3. The highest BCUT2D eigenvalue weighted by Gasteiger charge is 2.68. The van der Waals surface area contributed by atoms with Crippen molar-refractivity contribution in [3.8, 4) is 0 Å². The van der Waals surface area contributed by atoms with Crippen LogP contribution >= 0.6 is 81.2 Å². The Morgan fingerprint density at radius 3 is 1.31 bits per heavy atom. The predicted molar refractivity (Wildman–Crippen MR) is 56.2 cm³/mol. The number of halogens is 7. The molecule has 10 heteroatoms. The molecule has 0 N–H and O–H groups in total. The predicted octanol–water partition coefficient (Wildman–Crippen LogP) is 3.94. The Kier molecular flexibility index (Phi) is 4.58. The van der Waals surface area contributed by atoms with Crippen molar-refractivity contribution >= 4 is 81.2 Å². The molecule has 0 rings (SSSR count). The van der Waals surface area contributed by atoms with Crippen molar-refractivity contribution in [2.75, 3.05) is 0 Å². The van der Waals surface area contributed by atoms with Gasteiger partial charge in [-0.2, -0.15) is 0 Å². The number of hydrogen-bond acceptors (Lipinski definition) is 2. The van der Waals surface area contributed by atoms with E-state index in [1.165, 1.54) is 0 Å². The second-order valence-corrected chi connectivity index (χ2v) is 6.77. The lowest BCUT2D eigenvalue weighted by Gasteiger charge is -2.30. The van der Waals surface area contributed by atoms with E-state index < -0.39 is 17.5 Å². The van der Waals surface area contributed by atoms with Crippen LogP contribution in [-0.2, 0) is 0 Å². The average molecular weight is 330 g/mol. The number of rotatable bonds is 2. The van der Waals surface area contributed by atoms with Gasteiger partial charge >= 0.3 is 4.46 Å². The van der Waals surface area contributed by atoms with E-state index in [1.807, 2.05) is 0 Å². The normalized spacial score (nSPS) is 14.4. The summed E-state index contributed by atoms with van der Waals surface area (Å²) in [4.78, 5) is 9.14. The Hall–Kier alpha value is 1.43. The number of hydrogen-bond donors (Lipinski definition) is 0. The zero-order valence-electron chi connectivity index (χ0n) is 5.41. The zero-order valence-corrected chi connectivity index (χ0v) is 10.7. The molecule has 0 aliphatic carbocycles. The second-order valence-electron chi connectivity index (χ2n) is 1.87. The molecule has 0 amide bonds. The fourth-order valence-corrected chi connectivity index (χ4v) is 1.41. The Balaban J connectivity index is 5.16. The van der Waals surface area contributed by atoms with Crippen LogP contribution in [0.3, 0.4) is 0 Å². The van der Waals surface area contributed by atoms with Crippen LogP contribution in [0.4, 0.5) is 0 Å². The van der Waals surface area contributed by atoms with Gasteiger partial charge in [0.1, 0.15) is 0 Å². The molecule has 78 valence electrons. The molecule has 0 aromatic carbocycles.